The van der Waals surface area contributed by atoms with Gasteiger partial charge in [0, 0.05) is 37.2 Å². The first-order valence-corrected chi connectivity index (χ1v) is 6.43. The van der Waals surface area contributed by atoms with E-state index >= 15 is 0 Å². The average molecular weight is 237 g/mol. The van der Waals surface area contributed by atoms with Crippen molar-refractivity contribution in [2.45, 2.75) is 45.8 Å². The third-order valence-corrected chi connectivity index (χ3v) is 3.96. The first-order chi connectivity index (χ1) is 8.07. The number of rotatable bonds is 4. The van der Waals surface area contributed by atoms with Crippen molar-refractivity contribution in [3.63, 3.8) is 0 Å². The minimum absolute atomic E-state index is 0.0795. The van der Waals surface area contributed by atoms with Crippen LogP contribution in [0, 0.1) is 5.41 Å². The molecule has 0 radical (unpaired) electrons. The van der Waals surface area contributed by atoms with Crippen LogP contribution in [-0.2, 0) is 11.2 Å². The predicted molar refractivity (Wildman–Crippen MR) is 67.8 cm³/mol. The summed E-state index contributed by atoms with van der Waals surface area (Å²) in [6.45, 7) is 7.89. The lowest BCUT2D eigenvalue weighted by Crippen LogP contribution is -2.38. The average Bonchev–Trinajstić information content (AvgIpc) is 2.88. The molecule has 2 unspecified atom stereocenters. The van der Waals surface area contributed by atoms with Crippen LogP contribution >= 0.6 is 0 Å². The zero-order chi connectivity index (χ0) is 12.5. The largest absolute Gasteiger partial charge is 0.378 e. The van der Waals surface area contributed by atoms with E-state index in [4.69, 9.17) is 10.5 Å². The Balaban J connectivity index is 2.13. The summed E-state index contributed by atoms with van der Waals surface area (Å²) in [6, 6.07) is 2.51. The summed E-state index contributed by atoms with van der Waals surface area (Å²) in [5, 5.41) is 4.61. The van der Waals surface area contributed by atoms with Crippen LogP contribution in [0.3, 0.4) is 0 Å². The van der Waals surface area contributed by atoms with Crippen molar-refractivity contribution < 1.29 is 4.74 Å². The lowest BCUT2D eigenvalue weighted by atomic mass is 9.77. The highest BCUT2D eigenvalue weighted by Crippen LogP contribution is 2.36. The maximum absolute atomic E-state index is 5.96. The van der Waals surface area contributed by atoms with Gasteiger partial charge in [-0.25, -0.2) is 0 Å². The summed E-state index contributed by atoms with van der Waals surface area (Å²) >= 11 is 0. The molecular formula is C13H23N3O. The smallest absolute Gasteiger partial charge is 0.0631 e. The summed E-state index contributed by atoms with van der Waals surface area (Å²) < 4.78 is 7.67. The molecule has 1 aliphatic heterocycles. The monoisotopic (exact) mass is 237 g/mol. The second kappa shape index (κ2) is 4.78. The van der Waals surface area contributed by atoms with E-state index in [2.05, 4.69) is 31.9 Å². The van der Waals surface area contributed by atoms with Crippen molar-refractivity contribution in [2.75, 3.05) is 13.2 Å². The Labute approximate surface area is 103 Å². The summed E-state index contributed by atoms with van der Waals surface area (Å²) in [4.78, 5) is 0. The van der Waals surface area contributed by atoms with E-state index in [-0.39, 0.29) is 11.5 Å². The maximum atomic E-state index is 5.96. The van der Waals surface area contributed by atoms with Crippen molar-refractivity contribution in [1.29, 1.82) is 0 Å². The van der Waals surface area contributed by atoms with Crippen LogP contribution < -0.4 is 5.73 Å². The van der Waals surface area contributed by atoms with Crippen molar-refractivity contribution in [3.8, 4) is 0 Å². The van der Waals surface area contributed by atoms with Crippen LogP contribution in [0.1, 0.15) is 38.9 Å². The Morgan fingerprint density at radius 3 is 2.88 bits per heavy atom. The van der Waals surface area contributed by atoms with Crippen LogP contribution in [0.25, 0.3) is 0 Å². The van der Waals surface area contributed by atoms with Crippen LogP contribution in [0.4, 0.5) is 0 Å². The third-order valence-electron chi connectivity index (χ3n) is 3.96. The zero-order valence-corrected chi connectivity index (χ0v) is 11.0. The molecule has 0 aromatic carbocycles. The van der Waals surface area contributed by atoms with Gasteiger partial charge >= 0.3 is 0 Å². The summed E-state index contributed by atoms with van der Waals surface area (Å²) in [7, 11) is 0. The highest BCUT2D eigenvalue weighted by molar-refractivity contribution is 5.07. The lowest BCUT2D eigenvalue weighted by molar-refractivity contribution is 0.0668. The fourth-order valence-corrected chi connectivity index (χ4v) is 2.51. The first kappa shape index (κ1) is 12.6. The van der Waals surface area contributed by atoms with E-state index in [1.807, 2.05) is 10.9 Å². The Bertz CT molecular complexity index is 374. The van der Waals surface area contributed by atoms with Gasteiger partial charge in [-0.15, -0.1) is 0 Å². The summed E-state index contributed by atoms with van der Waals surface area (Å²) in [6.07, 6.45) is 4.24. The molecule has 1 fully saturated rings. The topological polar surface area (TPSA) is 53.1 Å². The van der Waals surface area contributed by atoms with Crippen molar-refractivity contribution in [2.24, 2.45) is 11.1 Å². The molecule has 1 aromatic rings. The van der Waals surface area contributed by atoms with E-state index in [0.29, 0.717) is 12.6 Å². The van der Waals surface area contributed by atoms with Gasteiger partial charge in [0.15, 0.2) is 0 Å². The van der Waals surface area contributed by atoms with Crippen LogP contribution in [0.2, 0.25) is 0 Å². The van der Waals surface area contributed by atoms with Gasteiger partial charge in [-0.2, -0.15) is 5.10 Å². The molecular weight excluding hydrogens is 214 g/mol. The van der Waals surface area contributed by atoms with Gasteiger partial charge in [0.25, 0.3) is 0 Å². The molecule has 4 heteroatoms. The van der Waals surface area contributed by atoms with Crippen LogP contribution in [-0.4, -0.2) is 29.0 Å². The van der Waals surface area contributed by atoms with Gasteiger partial charge in [0.1, 0.15) is 0 Å². The molecule has 17 heavy (non-hydrogen) atoms. The number of aromatic nitrogens is 2. The second-order valence-electron chi connectivity index (χ2n) is 5.39. The highest BCUT2D eigenvalue weighted by atomic mass is 16.5. The standard InChI is InChI=1S/C13H23N3O/c1-10(2)16-6-4-12(15-16)8-13(9-14)5-7-17-11(13)3/h4,6,10-11H,5,7-9,14H2,1-3H3. The molecule has 2 atom stereocenters. The Morgan fingerprint density at radius 2 is 2.41 bits per heavy atom. The Morgan fingerprint density at radius 1 is 1.65 bits per heavy atom. The van der Waals surface area contributed by atoms with Gasteiger partial charge in [-0.3, -0.25) is 4.68 Å². The highest BCUT2D eigenvalue weighted by Gasteiger charge is 2.40. The van der Waals surface area contributed by atoms with Crippen LogP contribution in [0.5, 0.6) is 0 Å². The van der Waals surface area contributed by atoms with Gasteiger partial charge in [0.2, 0.25) is 0 Å². The molecule has 2 N–H and O–H groups in total. The normalized spacial score (nSPS) is 29.1. The fraction of sp³-hybridized carbons (Fsp3) is 0.769. The summed E-state index contributed by atoms with van der Waals surface area (Å²) in [5.41, 5.74) is 7.16. The van der Waals surface area contributed by atoms with E-state index in [1.54, 1.807) is 0 Å². The lowest BCUT2D eigenvalue weighted by Gasteiger charge is -2.29. The Kier molecular flexibility index (Phi) is 3.54. The zero-order valence-electron chi connectivity index (χ0n) is 11.0. The second-order valence-corrected chi connectivity index (χ2v) is 5.39. The number of nitrogens with two attached hydrogens (primary N) is 1. The number of hydrogen-bond acceptors (Lipinski definition) is 3. The molecule has 0 amide bonds. The molecule has 1 aromatic heterocycles. The molecule has 0 spiro atoms. The van der Waals surface area contributed by atoms with Gasteiger partial charge in [-0.05, 0) is 33.3 Å². The molecule has 2 heterocycles. The molecule has 96 valence electrons. The third kappa shape index (κ3) is 2.38. The van der Waals surface area contributed by atoms with Crippen molar-refractivity contribution >= 4 is 0 Å². The minimum Gasteiger partial charge on any atom is -0.378 e. The van der Waals surface area contributed by atoms with Crippen LogP contribution in [0.15, 0.2) is 12.3 Å². The quantitative estimate of drug-likeness (QED) is 0.868. The predicted octanol–water partition coefficient (Wildman–Crippen LogP) is 1.76. The molecule has 4 nitrogen and oxygen atoms in total. The number of hydrogen-bond donors (Lipinski definition) is 1. The van der Waals surface area contributed by atoms with E-state index in [9.17, 15) is 0 Å². The first-order valence-electron chi connectivity index (χ1n) is 6.43. The van der Waals surface area contributed by atoms with Gasteiger partial charge in [0.05, 0.1) is 11.8 Å². The summed E-state index contributed by atoms with van der Waals surface area (Å²) in [5.74, 6) is 0. The molecule has 1 aliphatic rings. The fourth-order valence-electron chi connectivity index (χ4n) is 2.51. The molecule has 2 rings (SSSR count). The van der Waals surface area contributed by atoms with Gasteiger partial charge < -0.3 is 10.5 Å². The van der Waals surface area contributed by atoms with E-state index < -0.39 is 0 Å². The van der Waals surface area contributed by atoms with E-state index in [1.165, 1.54) is 0 Å². The molecule has 0 saturated carbocycles. The molecule has 0 bridgehead atoms. The minimum atomic E-state index is 0.0795. The van der Waals surface area contributed by atoms with Crippen molar-refractivity contribution in [3.05, 3.63) is 18.0 Å². The molecule has 1 saturated heterocycles. The van der Waals surface area contributed by atoms with E-state index in [0.717, 1.165) is 25.1 Å². The van der Waals surface area contributed by atoms with Crippen molar-refractivity contribution in [1.82, 2.24) is 9.78 Å². The van der Waals surface area contributed by atoms with Gasteiger partial charge in [-0.1, -0.05) is 0 Å². The SMILES string of the molecule is CC(C)n1ccc(CC2(CN)CCOC2C)n1. The molecule has 0 aliphatic carbocycles. The number of nitrogens with zero attached hydrogens (tertiary/aromatic N) is 2. The number of ether oxygens (including phenoxy) is 1. The maximum Gasteiger partial charge on any atom is 0.0631 e. The Hall–Kier alpha value is -0.870.